The van der Waals surface area contributed by atoms with Crippen molar-refractivity contribution in [2.75, 3.05) is 5.43 Å². The average molecular weight is 421 g/mol. The Morgan fingerprint density at radius 2 is 1.81 bits per heavy atom. The number of anilines is 1. The molecule has 3 rings (SSSR count). The first kappa shape index (κ1) is 19.0. The van der Waals surface area contributed by atoms with Crippen molar-refractivity contribution in [3.63, 3.8) is 0 Å². The van der Waals surface area contributed by atoms with Crippen molar-refractivity contribution in [3.8, 4) is 11.4 Å². The number of halogens is 1. The largest absolute Gasteiger partial charge is 0.261 e. The zero-order valence-electron chi connectivity index (χ0n) is 15.4. The van der Waals surface area contributed by atoms with Crippen LogP contribution in [0.4, 0.5) is 5.82 Å². The van der Waals surface area contributed by atoms with Gasteiger partial charge in [0.1, 0.15) is 0 Å². The second-order valence-electron chi connectivity index (χ2n) is 6.13. The molecule has 0 atom stereocenters. The molecule has 0 spiro atoms. The van der Waals surface area contributed by atoms with E-state index in [0.29, 0.717) is 18.1 Å². The van der Waals surface area contributed by atoms with Crippen molar-refractivity contribution in [3.05, 3.63) is 88.5 Å². The Morgan fingerprint density at radius 3 is 2.48 bits per heavy atom. The molecule has 0 fully saturated rings. The first-order chi connectivity index (χ1) is 13.1. The second-order valence-corrected chi connectivity index (χ2v) is 7.05. The Balaban J connectivity index is 1.96. The number of aryl methyl sites for hydroxylation is 1. The van der Waals surface area contributed by atoms with E-state index in [1.807, 2.05) is 74.5 Å². The maximum absolute atomic E-state index is 4.72. The number of benzene rings is 2. The highest BCUT2D eigenvalue weighted by Gasteiger charge is 2.12. The molecule has 1 N–H and O–H groups in total. The van der Waals surface area contributed by atoms with Crippen LogP contribution in [0.25, 0.3) is 11.4 Å². The topological polar surface area (TPSA) is 50.2 Å². The SMILES string of the molecule is C=CCc1c(C)nc(-c2ccccc2)nc1N/N=C(\C)c1ccc(Br)cc1. The van der Waals surface area contributed by atoms with Gasteiger partial charge in [0.05, 0.1) is 5.71 Å². The van der Waals surface area contributed by atoms with Crippen molar-refractivity contribution < 1.29 is 0 Å². The molecule has 2 aromatic carbocycles. The number of nitrogens with zero attached hydrogens (tertiary/aromatic N) is 3. The Hall–Kier alpha value is -2.79. The maximum Gasteiger partial charge on any atom is 0.161 e. The van der Waals surface area contributed by atoms with Crippen LogP contribution in [-0.4, -0.2) is 15.7 Å². The molecule has 0 amide bonds. The van der Waals surface area contributed by atoms with Crippen LogP contribution in [0.3, 0.4) is 0 Å². The van der Waals surface area contributed by atoms with E-state index >= 15 is 0 Å². The molecule has 3 aromatic rings. The first-order valence-electron chi connectivity index (χ1n) is 8.68. The van der Waals surface area contributed by atoms with E-state index < -0.39 is 0 Å². The molecular weight excluding hydrogens is 400 g/mol. The molecule has 5 heteroatoms. The Bertz CT molecular complexity index is 964. The van der Waals surface area contributed by atoms with Gasteiger partial charge in [-0.25, -0.2) is 9.97 Å². The minimum atomic E-state index is 0.677. The molecule has 1 aromatic heterocycles. The lowest BCUT2D eigenvalue weighted by molar-refractivity contribution is 1.03. The van der Waals surface area contributed by atoms with E-state index in [4.69, 9.17) is 4.98 Å². The molecule has 136 valence electrons. The fourth-order valence-electron chi connectivity index (χ4n) is 2.69. The van der Waals surface area contributed by atoms with Crippen LogP contribution < -0.4 is 5.43 Å². The molecule has 0 saturated heterocycles. The zero-order chi connectivity index (χ0) is 19.2. The zero-order valence-corrected chi connectivity index (χ0v) is 17.0. The molecule has 0 bridgehead atoms. The van der Waals surface area contributed by atoms with Gasteiger partial charge >= 0.3 is 0 Å². The predicted octanol–water partition coefficient (Wildman–Crippen LogP) is 5.78. The van der Waals surface area contributed by atoms with Gasteiger partial charge in [-0.15, -0.1) is 6.58 Å². The quantitative estimate of drug-likeness (QED) is 0.312. The van der Waals surface area contributed by atoms with E-state index in [1.165, 1.54) is 0 Å². The monoisotopic (exact) mass is 420 g/mol. The van der Waals surface area contributed by atoms with Crippen LogP contribution >= 0.6 is 15.9 Å². The highest BCUT2D eigenvalue weighted by Crippen LogP contribution is 2.23. The Kier molecular flexibility index (Phi) is 6.14. The summed E-state index contributed by atoms with van der Waals surface area (Å²) in [7, 11) is 0. The Morgan fingerprint density at radius 1 is 1.11 bits per heavy atom. The summed E-state index contributed by atoms with van der Waals surface area (Å²) in [5.41, 5.74) is 7.96. The second kappa shape index (κ2) is 8.73. The van der Waals surface area contributed by atoms with Crippen molar-refractivity contribution in [2.45, 2.75) is 20.3 Å². The van der Waals surface area contributed by atoms with Crippen LogP contribution in [0.2, 0.25) is 0 Å². The summed E-state index contributed by atoms with van der Waals surface area (Å²) in [5, 5.41) is 4.54. The van der Waals surface area contributed by atoms with Crippen LogP contribution in [0.5, 0.6) is 0 Å². The van der Waals surface area contributed by atoms with E-state index in [2.05, 4.69) is 38.0 Å². The number of rotatable bonds is 6. The molecule has 27 heavy (non-hydrogen) atoms. The normalized spacial score (nSPS) is 11.3. The smallest absolute Gasteiger partial charge is 0.161 e. The number of hydrogen-bond acceptors (Lipinski definition) is 4. The summed E-state index contributed by atoms with van der Waals surface area (Å²) >= 11 is 3.45. The number of hydrogen-bond donors (Lipinski definition) is 1. The van der Waals surface area contributed by atoms with Crippen LogP contribution in [0, 0.1) is 6.92 Å². The summed E-state index contributed by atoms with van der Waals surface area (Å²) in [5.74, 6) is 1.39. The van der Waals surface area contributed by atoms with Gasteiger partial charge in [0.15, 0.2) is 11.6 Å². The van der Waals surface area contributed by atoms with Crippen LogP contribution in [-0.2, 0) is 6.42 Å². The van der Waals surface area contributed by atoms with E-state index in [0.717, 1.165) is 32.6 Å². The lowest BCUT2D eigenvalue weighted by atomic mass is 10.1. The van der Waals surface area contributed by atoms with E-state index in [9.17, 15) is 0 Å². The highest BCUT2D eigenvalue weighted by atomic mass is 79.9. The molecular formula is C22H21BrN4. The molecule has 0 aliphatic rings. The van der Waals surface area contributed by atoms with Gasteiger partial charge < -0.3 is 0 Å². The van der Waals surface area contributed by atoms with Crippen LogP contribution in [0.1, 0.15) is 23.7 Å². The highest BCUT2D eigenvalue weighted by molar-refractivity contribution is 9.10. The van der Waals surface area contributed by atoms with Gasteiger partial charge in [0.25, 0.3) is 0 Å². The fraction of sp³-hybridized carbons (Fsp3) is 0.136. The Labute approximate surface area is 168 Å². The van der Waals surface area contributed by atoms with Crippen LogP contribution in [0.15, 0.2) is 76.8 Å². The third-order valence-electron chi connectivity index (χ3n) is 4.19. The maximum atomic E-state index is 4.72. The third-order valence-corrected chi connectivity index (χ3v) is 4.71. The summed E-state index contributed by atoms with van der Waals surface area (Å²) in [6.45, 7) is 7.80. The third kappa shape index (κ3) is 4.68. The summed E-state index contributed by atoms with van der Waals surface area (Å²) in [4.78, 5) is 9.38. The van der Waals surface area contributed by atoms with E-state index in [-0.39, 0.29) is 0 Å². The lowest BCUT2D eigenvalue weighted by Crippen LogP contribution is -2.07. The molecule has 0 aliphatic heterocycles. The minimum Gasteiger partial charge on any atom is -0.261 e. The van der Waals surface area contributed by atoms with Gasteiger partial charge in [-0.3, -0.25) is 5.43 Å². The van der Waals surface area contributed by atoms with Gasteiger partial charge in [-0.2, -0.15) is 5.10 Å². The van der Waals surface area contributed by atoms with Gasteiger partial charge in [0, 0.05) is 21.3 Å². The summed E-state index contributed by atoms with van der Waals surface area (Å²) in [6, 6.07) is 18.0. The van der Waals surface area contributed by atoms with Crippen molar-refractivity contribution in [2.24, 2.45) is 5.10 Å². The van der Waals surface area contributed by atoms with Gasteiger partial charge in [-0.05, 0) is 38.0 Å². The van der Waals surface area contributed by atoms with Crippen molar-refractivity contribution in [1.29, 1.82) is 0 Å². The van der Waals surface area contributed by atoms with E-state index in [1.54, 1.807) is 0 Å². The molecule has 0 radical (unpaired) electrons. The minimum absolute atomic E-state index is 0.677. The molecule has 0 aliphatic carbocycles. The molecule has 4 nitrogen and oxygen atoms in total. The predicted molar refractivity (Wildman–Crippen MR) is 116 cm³/mol. The van der Waals surface area contributed by atoms with Crippen molar-refractivity contribution >= 4 is 27.5 Å². The first-order valence-corrected chi connectivity index (χ1v) is 9.48. The standard InChI is InChI=1S/C22H21BrN4/c1-4-8-20-16(3)24-21(18-9-6-5-7-10-18)25-22(20)27-26-15(2)17-11-13-19(23)14-12-17/h4-7,9-14H,1,8H2,2-3H3,(H,24,25,27)/b26-15+. The lowest BCUT2D eigenvalue weighted by Gasteiger charge is -2.12. The summed E-state index contributed by atoms with van der Waals surface area (Å²) in [6.07, 6.45) is 2.53. The van der Waals surface area contributed by atoms with Gasteiger partial charge in [-0.1, -0.05) is 64.5 Å². The number of hydrazone groups is 1. The molecule has 0 saturated carbocycles. The molecule has 1 heterocycles. The average Bonchev–Trinajstić information content (AvgIpc) is 2.69. The van der Waals surface area contributed by atoms with Crippen molar-refractivity contribution in [1.82, 2.24) is 9.97 Å². The summed E-state index contributed by atoms with van der Waals surface area (Å²) < 4.78 is 1.04. The number of nitrogens with one attached hydrogen (secondary N) is 1. The number of aromatic nitrogens is 2. The molecule has 0 unspecified atom stereocenters. The fourth-order valence-corrected chi connectivity index (χ4v) is 2.95. The van der Waals surface area contributed by atoms with Gasteiger partial charge in [0.2, 0.25) is 0 Å². The number of allylic oxidation sites excluding steroid dienone is 1.